The highest BCUT2D eigenvalue weighted by Crippen LogP contribution is 2.26. The zero-order chi connectivity index (χ0) is 13.1. The molecule has 92 valence electrons. The Kier molecular flexibility index (Phi) is 4.00. The van der Waals surface area contributed by atoms with Gasteiger partial charge in [0.1, 0.15) is 12.6 Å². The average Bonchev–Trinajstić information content (AvgIpc) is 2.24. The van der Waals surface area contributed by atoms with Gasteiger partial charge in [-0.25, -0.2) is 0 Å². The van der Waals surface area contributed by atoms with Crippen LogP contribution in [0.3, 0.4) is 0 Å². The molecule has 0 saturated heterocycles. The van der Waals surface area contributed by atoms with E-state index in [1.807, 2.05) is 6.07 Å². The van der Waals surface area contributed by atoms with E-state index in [9.17, 15) is 13.2 Å². The van der Waals surface area contributed by atoms with Crippen LogP contribution in [0.2, 0.25) is 0 Å². The van der Waals surface area contributed by atoms with E-state index in [-0.39, 0.29) is 11.6 Å². The zero-order valence-corrected chi connectivity index (χ0v) is 9.62. The lowest BCUT2D eigenvalue weighted by molar-refractivity contribution is -0.120. The lowest BCUT2D eigenvalue weighted by Crippen LogP contribution is -2.39. The van der Waals surface area contributed by atoms with E-state index in [1.165, 1.54) is 17.0 Å². The zero-order valence-electron chi connectivity index (χ0n) is 9.62. The predicted octanol–water partition coefficient (Wildman–Crippen LogP) is 3.34. The monoisotopic (exact) mass is 242 g/mol. The summed E-state index contributed by atoms with van der Waals surface area (Å²) < 4.78 is 37.4. The SMILES string of the molecule is CC(C)N(CC(F)(F)F)c1ccccc1C#N. The van der Waals surface area contributed by atoms with Crippen molar-refractivity contribution in [2.24, 2.45) is 0 Å². The molecule has 0 aromatic heterocycles. The van der Waals surface area contributed by atoms with E-state index in [2.05, 4.69) is 0 Å². The third-order valence-electron chi connectivity index (χ3n) is 2.31. The average molecular weight is 242 g/mol. The van der Waals surface area contributed by atoms with Gasteiger partial charge in [0, 0.05) is 6.04 Å². The second-order valence-electron chi connectivity index (χ2n) is 3.97. The topological polar surface area (TPSA) is 27.0 Å². The number of hydrogen-bond acceptors (Lipinski definition) is 2. The van der Waals surface area contributed by atoms with E-state index >= 15 is 0 Å². The molecule has 0 bridgehead atoms. The van der Waals surface area contributed by atoms with Gasteiger partial charge in [0.25, 0.3) is 0 Å². The highest BCUT2D eigenvalue weighted by atomic mass is 19.4. The van der Waals surface area contributed by atoms with Gasteiger partial charge in [-0.15, -0.1) is 0 Å². The van der Waals surface area contributed by atoms with Crippen LogP contribution in [0, 0.1) is 11.3 Å². The largest absolute Gasteiger partial charge is 0.405 e. The summed E-state index contributed by atoms with van der Waals surface area (Å²) in [4.78, 5) is 1.18. The highest BCUT2D eigenvalue weighted by molar-refractivity contribution is 5.59. The number of benzene rings is 1. The first-order valence-electron chi connectivity index (χ1n) is 5.17. The lowest BCUT2D eigenvalue weighted by Gasteiger charge is -2.30. The molecule has 0 amide bonds. The summed E-state index contributed by atoms with van der Waals surface area (Å²) in [6, 6.07) is 7.89. The number of rotatable bonds is 3. The summed E-state index contributed by atoms with van der Waals surface area (Å²) in [5, 5.41) is 8.89. The van der Waals surface area contributed by atoms with Crippen LogP contribution < -0.4 is 4.90 Å². The Hall–Kier alpha value is -1.70. The Morgan fingerprint density at radius 3 is 2.35 bits per heavy atom. The minimum absolute atomic E-state index is 0.255. The van der Waals surface area contributed by atoms with Crippen LogP contribution in [0.15, 0.2) is 24.3 Å². The maximum absolute atomic E-state index is 12.5. The molecule has 0 aliphatic carbocycles. The number of nitriles is 1. The van der Waals surface area contributed by atoms with Gasteiger partial charge >= 0.3 is 6.18 Å². The molecular weight excluding hydrogens is 229 g/mol. The molecule has 1 rings (SSSR count). The lowest BCUT2D eigenvalue weighted by atomic mass is 10.1. The number of alkyl halides is 3. The second kappa shape index (κ2) is 5.09. The van der Waals surface area contributed by atoms with Crippen LogP contribution in [-0.4, -0.2) is 18.8 Å². The van der Waals surface area contributed by atoms with Gasteiger partial charge in [0.05, 0.1) is 11.3 Å². The molecule has 1 aromatic rings. The molecule has 17 heavy (non-hydrogen) atoms. The standard InChI is InChI=1S/C12H13F3N2/c1-9(2)17(8-12(13,14)15)11-6-4-3-5-10(11)7-16/h3-6,9H,8H2,1-2H3. The molecule has 2 nitrogen and oxygen atoms in total. The third-order valence-corrected chi connectivity index (χ3v) is 2.31. The van der Waals surface area contributed by atoms with E-state index in [0.29, 0.717) is 5.69 Å². The summed E-state index contributed by atoms with van der Waals surface area (Å²) in [7, 11) is 0. The van der Waals surface area contributed by atoms with Gasteiger partial charge < -0.3 is 4.90 Å². The number of hydrogen-bond donors (Lipinski definition) is 0. The first kappa shape index (κ1) is 13.4. The van der Waals surface area contributed by atoms with Crippen molar-refractivity contribution in [3.05, 3.63) is 29.8 Å². The van der Waals surface area contributed by atoms with Gasteiger partial charge in [0.15, 0.2) is 0 Å². The molecule has 0 radical (unpaired) electrons. The highest BCUT2D eigenvalue weighted by Gasteiger charge is 2.32. The smallest absolute Gasteiger partial charge is 0.359 e. The summed E-state index contributed by atoms with van der Waals surface area (Å²) in [5.41, 5.74) is 0.577. The molecule has 0 N–H and O–H groups in total. The van der Waals surface area contributed by atoms with E-state index < -0.39 is 12.7 Å². The quantitative estimate of drug-likeness (QED) is 0.812. The van der Waals surface area contributed by atoms with Crippen molar-refractivity contribution in [1.29, 1.82) is 5.26 Å². The first-order valence-corrected chi connectivity index (χ1v) is 5.17. The van der Waals surface area contributed by atoms with Gasteiger partial charge in [-0.2, -0.15) is 18.4 Å². The van der Waals surface area contributed by atoms with E-state index in [1.54, 1.807) is 26.0 Å². The third kappa shape index (κ3) is 3.66. The van der Waals surface area contributed by atoms with E-state index in [0.717, 1.165) is 0 Å². The van der Waals surface area contributed by atoms with Crippen molar-refractivity contribution in [2.45, 2.75) is 26.1 Å². The Morgan fingerprint density at radius 2 is 1.88 bits per heavy atom. The Morgan fingerprint density at radius 1 is 1.29 bits per heavy atom. The number of halogens is 3. The Bertz CT molecular complexity index is 418. The maximum atomic E-state index is 12.5. The van der Waals surface area contributed by atoms with Crippen LogP contribution in [0.5, 0.6) is 0 Å². The van der Waals surface area contributed by atoms with Crippen molar-refractivity contribution in [1.82, 2.24) is 0 Å². The van der Waals surface area contributed by atoms with Crippen molar-refractivity contribution in [3.8, 4) is 6.07 Å². The van der Waals surface area contributed by atoms with Gasteiger partial charge in [-0.05, 0) is 26.0 Å². The fraction of sp³-hybridized carbons (Fsp3) is 0.417. The minimum atomic E-state index is -4.28. The van der Waals surface area contributed by atoms with Crippen LogP contribution in [0.25, 0.3) is 0 Å². The van der Waals surface area contributed by atoms with E-state index in [4.69, 9.17) is 5.26 Å². The second-order valence-corrected chi connectivity index (χ2v) is 3.97. The molecule has 0 aliphatic rings. The van der Waals surface area contributed by atoms with Crippen molar-refractivity contribution in [2.75, 3.05) is 11.4 Å². The van der Waals surface area contributed by atoms with Crippen molar-refractivity contribution in [3.63, 3.8) is 0 Å². The molecule has 5 heteroatoms. The maximum Gasteiger partial charge on any atom is 0.405 e. The van der Waals surface area contributed by atoms with Crippen LogP contribution in [0.4, 0.5) is 18.9 Å². The molecule has 0 aliphatic heterocycles. The number of anilines is 1. The normalized spacial score (nSPS) is 11.4. The molecule has 0 heterocycles. The first-order chi connectivity index (χ1) is 7.85. The molecule has 0 atom stereocenters. The van der Waals surface area contributed by atoms with Crippen LogP contribution in [0.1, 0.15) is 19.4 Å². The Balaban J connectivity index is 3.11. The van der Waals surface area contributed by atoms with Crippen molar-refractivity contribution < 1.29 is 13.2 Å². The molecule has 0 spiro atoms. The predicted molar refractivity (Wildman–Crippen MR) is 59.7 cm³/mol. The molecule has 0 fully saturated rings. The fourth-order valence-corrected chi connectivity index (χ4v) is 1.56. The van der Waals surface area contributed by atoms with Gasteiger partial charge in [0.2, 0.25) is 0 Å². The summed E-state index contributed by atoms with van der Waals surface area (Å²) in [6.45, 7) is 2.28. The Labute approximate surface area is 98.3 Å². The van der Waals surface area contributed by atoms with Crippen LogP contribution >= 0.6 is 0 Å². The molecule has 0 saturated carbocycles. The molecule has 1 aromatic carbocycles. The molecule has 0 unspecified atom stereocenters. The summed E-state index contributed by atoms with van der Waals surface area (Å²) in [6.07, 6.45) is -4.28. The van der Waals surface area contributed by atoms with Crippen LogP contribution in [-0.2, 0) is 0 Å². The molecular formula is C12H13F3N2. The van der Waals surface area contributed by atoms with Crippen molar-refractivity contribution >= 4 is 5.69 Å². The summed E-state index contributed by atoms with van der Waals surface area (Å²) >= 11 is 0. The minimum Gasteiger partial charge on any atom is -0.359 e. The summed E-state index contributed by atoms with van der Waals surface area (Å²) in [5.74, 6) is 0. The fourth-order valence-electron chi connectivity index (χ4n) is 1.56. The number of para-hydroxylation sites is 1. The number of nitrogens with zero attached hydrogens (tertiary/aromatic N) is 2. The van der Waals surface area contributed by atoms with Gasteiger partial charge in [-0.1, -0.05) is 12.1 Å². The van der Waals surface area contributed by atoms with Gasteiger partial charge in [-0.3, -0.25) is 0 Å².